The third-order valence-corrected chi connectivity index (χ3v) is 1.46. The number of benzene rings is 1. The highest BCUT2D eigenvalue weighted by atomic mass is 127. The van der Waals surface area contributed by atoms with Crippen LogP contribution in [0.1, 0.15) is 0 Å². The summed E-state index contributed by atoms with van der Waals surface area (Å²) in [4.78, 5) is 0. The van der Waals surface area contributed by atoms with Crippen molar-refractivity contribution in [2.75, 3.05) is 0 Å². The predicted molar refractivity (Wildman–Crippen MR) is 45.8 cm³/mol. The molecule has 10 heavy (non-hydrogen) atoms. The smallest absolute Gasteiger partial charge is 0.124 e. The molecule has 3 heteroatoms. The molecule has 0 unspecified atom stereocenters. The van der Waals surface area contributed by atoms with Gasteiger partial charge in [0.25, 0.3) is 0 Å². The Labute approximate surface area is 72.6 Å². The van der Waals surface area contributed by atoms with E-state index in [2.05, 4.69) is 29.2 Å². The van der Waals surface area contributed by atoms with Crippen molar-refractivity contribution in [2.24, 2.45) is 0 Å². The maximum atomic E-state index is 12.2. The van der Waals surface area contributed by atoms with Crippen LogP contribution in [-0.2, 0) is 0 Å². The Kier molecular flexibility index (Phi) is 4.85. The van der Waals surface area contributed by atoms with Gasteiger partial charge in [0.1, 0.15) is 5.82 Å². The summed E-state index contributed by atoms with van der Waals surface area (Å²) in [5.41, 5.74) is 0. The number of rotatable bonds is 0. The number of hydrogen-bond acceptors (Lipinski definition) is 1. The molecule has 0 N–H and O–H groups in total. The Balaban J connectivity index is 0.000000371. The highest BCUT2D eigenvalue weighted by molar-refractivity contribution is 14.1. The second-order valence-corrected chi connectivity index (χ2v) is 2.69. The molecule has 1 aromatic rings. The van der Waals surface area contributed by atoms with Crippen LogP contribution in [0.2, 0.25) is 0 Å². The lowest BCUT2D eigenvalue weighted by atomic mass is 10.4. The molecule has 0 heterocycles. The maximum absolute atomic E-state index is 12.2. The maximum Gasteiger partial charge on any atom is 0.124 e. The Morgan fingerprint density at radius 2 is 2.00 bits per heavy atom. The first-order valence-electron chi connectivity index (χ1n) is 2.46. The van der Waals surface area contributed by atoms with Crippen molar-refractivity contribution in [1.82, 2.24) is 0 Å². The molecule has 0 aliphatic carbocycles. The van der Waals surface area contributed by atoms with Gasteiger partial charge in [-0.1, -0.05) is 6.07 Å². The van der Waals surface area contributed by atoms with Gasteiger partial charge in [0.05, 0.1) is 0 Å². The van der Waals surface area contributed by atoms with Crippen molar-refractivity contribution in [3.63, 3.8) is 0 Å². The van der Waals surface area contributed by atoms with Crippen LogP contribution in [0.25, 0.3) is 0 Å². The molecule has 0 spiro atoms. The molecular weight excluding hydrogens is 244 g/mol. The van der Waals surface area contributed by atoms with Crippen LogP contribution in [0.15, 0.2) is 24.3 Å². The molecule has 0 fully saturated rings. The van der Waals surface area contributed by atoms with Crippen LogP contribution in [0.3, 0.4) is 0 Å². The molecule has 1 aromatic carbocycles. The highest BCUT2D eigenvalue weighted by Crippen LogP contribution is 2.04. The van der Waals surface area contributed by atoms with Crippen molar-refractivity contribution < 1.29 is 4.39 Å². The first-order chi connectivity index (χ1) is 4.79. The van der Waals surface area contributed by atoms with Gasteiger partial charge in [-0.25, -0.2) is 9.65 Å². The van der Waals surface area contributed by atoms with Crippen LogP contribution in [0.4, 0.5) is 4.39 Å². The summed E-state index contributed by atoms with van der Waals surface area (Å²) in [5.74, 6) is -0.170. The van der Waals surface area contributed by atoms with E-state index in [0.29, 0.717) is 0 Å². The molecule has 0 saturated carbocycles. The van der Waals surface area contributed by atoms with Crippen LogP contribution in [-0.4, -0.2) is 0 Å². The molecule has 1 nitrogen and oxygen atoms in total. The Bertz CT molecular complexity index is 205. The van der Waals surface area contributed by atoms with Gasteiger partial charge in [-0.3, -0.25) is 0 Å². The number of nitriles is 1. The van der Waals surface area contributed by atoms with Crippen molar-refractivity contribution in [1.29, 1.82) is 5.26 Å². The average molecular weight is 249 g/mol. The van der Waals surface area contributed by atoms with Crippen LogP contribution in [0.5, 0.6) is 0 Å². The fraction of sp³-hybridized carbons (Fsp3) is 0. The van der Waals surface area contributed by atoms with E-state index in [-0.39, 0.29) is 5.82 Å². The molecule has 0 atom stereocenters. The predicted octanol–water partition coefficient (Wildman–Crippen LogP) is 2.57. The van der Waals surface area contributed by atoms with Gasteiger partial charge in [0, 0.05) is 10.1 Å². The molecule has 0 radical (unpaired) electrons. The van der Waals surface area contributed by atoms with E-state index >= 15 is 0 Å². The lowest BCUT2D eigenvalue weighted by molar-refractivity contribution is 0.627. The van der Waals surface area contributed by atoms with E-state index in [1.165, 1.54) is 12.1 Å². The van der Waals surface area contributed by atoms with Crippen LogP contribution < -0.4 is 0 Å². The minimum Gasteiger partial charge on any atom is -0.207 e. The first-order valence-corrected chi connectivity index (χ1v) is 3.54. The summed E-state index contributed by atoms with van der Waals surface area (Å²) < 4.78 is 13.1. The van der Waals surface area contributed by atoms with Crippen molar-refractivity contribution in [2.45, 2.75) is 0 Å². The topological polar surface area (TPSA) is 23.8 Å². The summed E-state index contributed by atoms with van der Waals surface area (Å²) in [6.07, 6.45) is 0. The lowest BCUT2D eigenvalue weighted by Gasteiger charge is -1.85. The molecule has 0 aliphatic rings. The highest BCUT2D eigenvalue weighted by Gasteiger charge is 1.86. The SMILES string of the molecule is C#N.Fc1cccc(I)c1. The second-order valence-electron chi connectivity index (χ2n) is 1.44. The molecule has 0 aromatic heterocycles. The molecular formula is C7H5FIN. The third-order valence-electron chi connectivity index (χ3n) is 0.787. The van der Waals surface area contributed by atoms with E-state index in [4.69, 9.17) is 5.26 Å². The number of nitrogens with zero attached hydrogens (tertiary/aromatic N) is 1. The van der Waals surface area contributed by atoms with Gasteiger partial charge in [-0.05, 0) is 40.8 Å². The molecule has 52 valence electrons. The third kappa shape index (κ3) is 3.41. The zero-order valence-corrected chi connectivity index (χ0v) is 7.25. The molecule has 0 bridgehead atoms. The standard InChI is InChI=1S/C6H4FI.CHN/c7-5-2-1-3-6(8)4-5;1-2/h1-4H;1H. The van der Waals surface area contributed by atoms with Gasteiger partial charge in [0.2, 0.25) is 0 Å². The van der Waals surface area contributed by atoms with E-state index in [1.54, 1.807) is 6.07 Å². The van der Waals surface area contributed by atoms with Crippen LogP contribution in [0, 0.1) is 21.2 Å². The molecule has 0 saturated heterocycles. The normalized spacial score (nSPS) is 7.60. The van der Waals surface area contributed by atoms with Crippen molar-refractivity contribution in [3.05, 3.63) is 33.7 Å². The van der Waals surface area contributed by atoms with Crippen LogP contribution >= 0.6 is 22.6 Å². The van der Waals surface area contributed by atoms with Gasteiger partial charge < -0.3 is 0 Å². The summed E-state index contributed by atoms with van der Waals surface area (Å²) in [5, 5.41) is 6.50. The fourth-order valence-corrected chi connectivity index (χ4v) is 0.965. The van der Waals surface area contributed by atoms with E-state index in [0.717, 1.165) is 3.57 Å². The zero-order valence-electron chi connectivity index (χ0n) is 5.09. The summed E-state index contributed by atoms with van der Waals surface area (Å²) in [7, 11) is 0. The van der Waals surface area contributed by atoms with Gasteiger partial charge in [-0.15, -0.1) is 0 Å². The molecule has 1 rings (SSSR count). The Morgan fingerprint density at radius 3 is 2.30 bits per heavy atom. The first kappa shape index (κ1) is 9.37. The number of hydrogen-bond donors (Lipinski definition) is 0. The zero-order chi connectivity index (χ0) is 7.98. The molecule has 0 aliphatic heterocycles. The summed E-state index contributed by atoms with van der Waals surface area (Å²) in [6, 6.07) is 6.46. The Morgan fingerprint density at radius 1 is 1.40 bits per heavy atom. The fourth-order valence-electron chi connectivity index (χ4n) is 0.460. The largest absolute Gasteiger partial charge is 0.207 e. The van der Waals surface area contributed by atoms with E-state index in [1.807, 2.05) is 6.07 Å². The monoisotopic (exact) mass is 249 g/mol. The minimum absolute atomic E-state index is 0.170. The Hall–Kier alpha value is -0.630. The second kappa shape index (κ2) is 5.18. The molecule has 0 amide bonds. The quantitative estimate of drug-likeness (QED) is 0.648. The average Bonchev–Trinajstić information content (AvgIpc) is 1.91. The van der Waals surface area contributed by atoms with E-state index < -0.39 is 0 Å². The van der Waals surface area contributed by atoms with Gasteiger partial charge >= 0.3 is 0 Å². The summed E-state index contributed by atoms with van der Waals surface area (Å²) in [6.45, 7) is 3.50. The van der Waals surface area contributed by atoms with Crippen molar-refractivity contribution >= 4 is 22.6 Å². The van der Waals surface area contributed by atoms with E-state index in [9.17, 15) is 4.39 Å². The van der Waals surface area contributed by atoms with Gasteiger partial charge in [0.15, 0.2) is 0 Å². The lowest BCUT2D eigenvalue weighted by Crippen LogP contribution is -1.71. The van der Waals surface area contributed by atoms with Crippen molar-refractivity contribution in [3.8, 4) is 6.57 Å². The van der Waals surface area contributed by atoms with Gasteiger partial charge in [-0.2, -0.15) is 0 Å². The summed E-state index contributed by atoms with van der Waals surface area (Å²) >= 11 is 2.07. The minimum atomic E-state index is -0.170. The number of halogens is 2.